The van der Waals surface area contributed by atoms with Crippen LogP contribution < -0.4 is 5.73 Å². The van der Waals surface area contributed by atoms with Crippen molar-refractivity contribution in [3.63, 3.8) is 0 Å². The van der Waals surface area contributed by atoms with E-state index in [0.29, 0.717) is 31.1 Å². The van der Waals surface area contributed by atoms with E-state index in [1.807, 2.05) is 4.90 Å². The Kier molecular flexibility index (Phi) is 10.0. The molecule has 0 aromatic heterocycles. The maximum Gasteiger partial charge on any atom is 0.328 e. The molecule has 2 amide bonds. The summed E-state index contributed by atoms with van der Waals surface area (Å²) < 4.78 is 40.5. The van der Waals surface area contributed by atoms with Gasteiger partial charge in [-0.05, 0) is 49.7 Å². The van der Waals surface area contributed by atoms with Crippen LogP contribution in [0.25, 0.3) is 0 Å². The predicted molar refractivity (Wildman–Crippen MR) is 122 cm³/mol. The number of piperidine rings is 1. The van der Waals surface area contributed by atoms with Crippen LogP contribution in [0.1, 0.15) is 38.2 Å². The van der Waals surface area contributed by atoms with Crippen molar-refractivity contribution in [3.8, 4) is 0 Å². The second kappa shape index (κ2) is 12.5. The first-order valence-corrected chi connectivity index (χ1v) is 11.4. The molecular weight excluding hydrogens is 483 g/mol. The standard InChI is InChI=1S/C20H26F3N3O2.C4H4O4/c1-11(27)25(2)10-20(28)26-14-3-4-15(26)6-13(5-14)19(24)8-12-7-17(22)18(23)9-16(12)21;5-3(6)1-2-4(7)8/h7,9,13-15,19H,3-6,8,10,24H2,1-2H3;1-2H,(H,5,6)(H,7,8)/b;2-1-/t13?,14?,15?,19-;/m1./s1. The van der Waals surface area contributed by atoms with Gasteiger partial charge in [0.2, 0.25) is 11.8 Å². The average molecular weight is 514 g/mol. The van der Waals surface area contributed by atoms with Gasteiger partial charge < -0.3 is 25.7 Å². The fraction of sp³-hybridized carbons (Fsp3) is 0.500. The van der Waals surface area contributed by atoms with Crippen molar-refractivity contribution in [2.45, 2.75) is 57.2 Å². The highest BCUT2D eigenvalue weighted by Gasteiger charge is 2.44. The normalized spacial score (nSPS) is 21.5. The molecule has 12 heteroatoms. The van der Waals surface area contributed by atoms with Gasteiger partial charge in [0, 0.05) is 50.3 Å². The largest absolute Gasteiger partial charge is 0.478 e. The van der Waals surface area contributed by atoms with Crippen LogP contribution in [0.15, 0.2) is 24.3 Å². The third-order valence-electron chi connectivity index (χ3n) is 6.49. The summed E-state index contributed by atoms with van der Waals surface area (Å²) in [7, 11) is 1.60. The second-order valence-electron chi connectivity index (χ2n) is 9.03. The van der Waals surface area contributed by atoms with Crippen molar-refractivity contribution in [1.82, 2.24) is 9.80 Å². The smallest absolute Gasteiger partial charge is 0.328 e. The molecule has 2 bridgehead atoms. The van der Waals surface area contributed by atoms with Gasteiger partial charge in [-0.2, -0.15) is 0 Å². The van der Waals surface area contributed by atoms with Crippen LogP contribution in [0, 0.1) is 23.4 Å². The molecule has 2 heterocycles. The van der Waals surface area contributed by atoms with Gasteiger partial charge >= 0.3 is 11.9 Å². The number of hydrogen-bond donors (Lipinski definition) is 3. The minimum atomic E-state index is -1.26. The number of halogens is 3. The van der Waals surface area contributed by atoms with Crippen molar-refractivity contribution in [2.24, 2.45) is 11.7 Å². The first kappa shape index (κ1) is 28.8. The molecule has 1 aromatic rings. The number of aliphatic carboxylic acids is 2. The SMILES string of the molecule is CC(=O)N(C)CC(=O)N1C2CCC1CC([C@H](N)Cc1cc(F)c(F)cc1F)C2.O=C(O)/C=C\C(=O)O. The Balaban J connectivity index is 0.000000493. The molecule has 2 unspecified atom stereocenters. The summed E-state index contributed by atoms with van der Waals surface area (Å²) in [6.45, 7) is 1.48. The molecule has 1 aromatic carbocycles. The molecule has 4 N–H and O–H groups in total. The fourth-order valence-corrected chi connectivity index (χ4v) is 4.66. The van der Waals surface area contributed by atoms with E-state index in [4.69, 9.17) is 15.9 Å². The molecule has 2 aliphatic heterocycles. The van der Waals surface area contributed by atoms with Gasteiger partial charge in [0.25, 0.3) is 0 Å². The summed E-state index contributed by atoms with van der Waals surface area (Å²) in [6.07, 6.45) is 4.38. The first-order valence-electron chi connectivity index (χ1n) is 11.4. The summed E-state index contributed by atoms with van der Waals surface area (Å²) in [6, 6.07) is 1.12. The van der Waals surface area contributed by atoms with Crippen molar-refractivity contribution < 1.29 is 42.6 Å². The highest BCUT2D eigenvalue weighted by Crippen LogP contribution is 2.40. The molecular formula is C24H30F3N3O6. The third-order valence-corrected chi connectivity index (χ3v) is 6.49. The molecule has 3 rings (SSSR count). The summed E-state index contributed by atoms with van der Waals surface area (Å²) in [5, 5.41) is 15.6. The Labute approximate surface area is 206 Å². The zero-order valence-corrected chi connectivity index (χ0v) is 20.0. The molecule has 0 spiro atoms. The number of carboxylic acids is 2. The molecule has 2 saturated heterocycles. The van der Waals surface area contributed by atoms with E-state index in [1.165, 1.54) is 11.8 Å². The minimum Gasteiger partial charge on any atom is -0.478 e. The first-order chi connectivity index (χ1) is 16.8. The van der Waals surface area contributed by atoms with E-state index in [0.717, 1.165) is 18.9 Å². The van der Waals surface area contributed by atoms with E-state index in [9.17, 15) is 32.3 Å². The van der Waals surface area contributed by atoms with E-state index in [-0.39, 0.29) is 48.3 Å². The Bertz CT molecular complexity index is 1000. The molecule has 0 aliphatic carbocycles. The molecule has 2 fully saturated rings. The van der Waals surface area contributed by atoms with Gasteiger partial charge in [-0.25, -0.2) is 22.8 Å². The molecule has 9 nitrogen and oxygen atoms in total. The lowest BCUT2D eigenvalue weighted by Gasteiger charge is -2.41. The lowest BCUT2D eigenvalue weighted by atomic mass is 9.82. The quantitative estimate of drug-likeness (QED) is 0.374. The Morgan fingerprint density at radius 1 is 1.03 bits per heavy atom. The van der Waals surface area contributed by atoms with Crippen LogP contribution in [-0.2, 0) is 25.6 Å². The number of carboxylic acid groups (broad SMARTS) is 2. The van der Waals surface area contributed by atoms with Gasteiger partial charge in [0.15, 0.2) is 11.6 Å². The molecule has 2 aliphatic rings. The number of carbonyl (C=O) groups is 4. The number of hydrogen-bond acceptors (Lipinski definition) is 5. The van der Waals surface area contributed by atoms with Gasteiger partial charge in [0.05, 0.1) is 6.54 Å². The Morgan fingerprint density at radius 2 is 1.53 bits per heavy atom. The van der Waals surface area contributed by atoms with Gasteiger partial charge in [0.1, 0.15) is 5.82 Å². The highest BCUT2D eigenvalue weighted by atomic mass is 19.2. The van der Waals surface area contributed by atoms with Gasteiger partial charge in [-0.15, -0.1) is 0 Å². The monoisotopic (exact) mass is 513 g/mol. The van der Waals surface area contributed by atoms with Crippen molar-refractivity contribution in [3.05, 3.63) is 47.3 Å². The summed E-state index contributed by atoms with van der Waals surface area (Å²) in [4.78, 5) is 46.4. The number of benzene rings is 1. The van der Waals surface area contributed by atoms with Gasteiger partial charge in [-0.1, -0.05) is 0 Å². The second-order valence-corrected chi connectivity index (χ2v) is 9.03. The number of amides is 2. The number of fused-ring (bicyclic) bond motifs is 2. The Hall–Kier alpha value is -3.41. The summed E-state index contributed by atoms with van der Waals surface area (Å²) in [5.41, 5.74) is 6.36. The number of likely N-dealkylation sites (N-methyl/N-ethyl adjacent to an activating group) is 1. The summed E-state index contributed by atoms with van der Waals surface area (Å²) >= 11 is 0. The predicted octanol–water partition coefficient (Wildman–Crippen LogP) is 1.93. The average Bonchev–Trinajstić information content (AvgIpc) is 3.05. The maximum absolute atomic E-state index is 13.9. The number of carbonyl (C=O) groups excluding carboxylic acids is 2. The van der Waals surface area contributed by atoms with Crippen LogP contribution in [0.3, 0.4) is 0 Å². The van der Waals surface area contributed by atoms with E-state index >= 15 is 0 Å². The van der Waals surface area contributed by atoms with Crippen LogP contribution >= 0.6 is 0 Å². The lowest BCUT2D eigenvalue weighted by Crippen LogP contribution is -2.52. The van der Waals surface area contributed by atoms with Crippen molar-refractivity contribution >= 4 is 23.8 Å². The number of nitrogens with zero attached hydrogens (tertiary/aromatic N) is 2. The lowest BCUT2D eigenvalue weighted by molar-refractivity contribution is -0.142. The van der Waals surface area contributed by atoms with Crippen molar-refractivity contribution in [2.75, 3.05) is 13.6 Å². The van der Waals surface area contributed by atoms with Crippen LogP contribution in [-0.4, -0.2) is 75.5 Å². The fourth-order valence-electron chi connectivity index (χ4n) is 4.66. The maximum atomic E-state index is 13.9. The van der Waals surface area contributed by atoms with Gasteiger partial charge in [-0.3, -0.25) is 9.59 Å². The zero-order valence-electron chi connectivity index (χ0n) is 20.0. The topological polar surface area (TPSA) is 141 Å². The highest BCUT2D eigenvalue weighted by molar-refractivity contribution is 5.89. The van der Waals surface area contributed by atoms with E-state index in [2.05, 4.69) is 0 Å². The zero-order chi connectivity index (χ0) is 27.2. The molecule has 198 valence electrons. The molecule has 3 atom stereocenters. The summed E-state index contributed by atoms with van der Waals surface area (Å²) in [5.74, 6) is -5.76. The molecule has 0 radical (unpaired) electrons. The molecule has 0 saturated carbocycles. The van der Waals surface area contributed by atoms with Crippen molar-refractivity contribution in [1.29, 1.82) is 0 Å². The van der Waals surface area contributed by atoms with Crippen LogP contribution in [0.5, 0.6) is 0 Å². The van der Waals surface area contributed by atoms with E-state index in [1.54, 1.807) is 7.05 Å². The Morgan fingerprint density at radius 3 is 2.00 bits per heavy atom. The van der Waals surface area contributed by atoms with Crippen LogP contribution in [0.2, 0.25) is 0 Å². The minimum absolute atomic E-state index is 0.0532. The third kappa shape index (κ3) is 7.80. The number of nitrogens with two attached hydrogens (primary N) is 1. The number of rotatable bonds is 7. The van der Waals surface area contributed by atoms with E-state index < -0.39 is 35.4 Å². The molecule has 36 heavy (non-hydrogen) atoms. The van der Waals surface area contributed by atoms with Crippen LogP contribution in [0.4, 0.5) is 13.2 Å².